The standard InChI is InChI=1S/C17H22N2O/c1-2-20-16-11-9-15(10-12-16)17(19-18)13-8-14-6-4-3-5-7-14/h3-7,9-12,17,19H,2,8,13,18H2,1H3. The Hall–Kier alpha value is -1.84. The molecule has 0 fully saturated rings. The highest BCUT2D eigenvalue weighted by molar-refractivity contribution is 5.29. The Morgan fingerprint density at radius 3 is 2.35 bits per heavy atom. The molecule has 0 aromatic heterocycles. The third-order valence-electron chi connectivity index (χ3n) is 3.36. The predicted molar refractivity (Wildman–Crippen MR) is 82.4 cm³/mol. The molecular formula is C17H22N2O. The Morgan fingerprint density at radius 2 is 1.75 bits per heavy atom. The van der Waals surface area contributed by atoms with Crippen LogP contribution in [-0.4, -0.2) is 6.61 Å². The van der Waals surface area contributed by atoms with E-state index in [1.165, 1.54) is 11.1 Å². The van der Waals surface area contributed by atoms with E-state index in [1.54, 1.807) is 0 Å². The first-order valence-corrected chi connectivity index (χ1v) is 7.06. The molecule has 2 aromatic rings. The van der Waals surface area contributed by atoms with Gasteiger partial charge in [0.2, 0.25) is 0 Å². The maximum atomic E-state index is 5.68. The van der Waals surface area contributed by atoms with E-state index in [-0.39, 0.29) is 6.04 Å². The van der Waals surface area contributed by atoms with Crippen LogP contribution in [0.25, 0.3) is 0 Å². The van der Waals surface area contributed by atoms with Crippen molar-refractivity contribution in [1.82, 2.24) is 5.43 Å². The number of ether oxygens (including phenoxy) is 1. The Morgan fingerprint density at radius 1 is 1.05 bits per heavy atom. The van der Waals surface area contributed by atoms with Crippen molar-refractivity contribution in [3.63, 3.8) is 0 Å². The lowest BCUT2D eigenvalue weighted by Crippen LogP contribution is -2.28. The average molecular weight is 270 g/mol. The molecule has 2 rings (SSSR count). The van der Waals surface area contributed by atoms with E-state index < -0.39 is 0 Å². The number of benzene rings is 2. The van der Waals surface area contributed by atoms with Crippen molar-refractivity contribution in [1.29, 1.82) is 0 Å². The second-order valence-electron chi connectivity index (χ2n) is 4.75. The summed E-state index contributed by atoms with van der Waals surface area (Å²) in [7, 11) is 0. The summed E-state index contributed by atoms with van der Waals surface area (Å²) in [6.45, 7) is 2.67. The van der Waals surface area contributed by atoms with Crippen molar-refractivity contribution in [2.45, 2.75) is 25.8 Å². The molecule has 20 heavy (non-hydrogen) atoms. The largest absolute Gasteiger partial charge is 0.494 e. The lowest BCUT2D eigenvalue weighted by atomic mass is 9.99. The van der Waals surface area contributed by atoms with Crippen molar-refractivity contribution in [3.05, 3.63) is 65.7 Å². The molecule has 0 aliphatic rings. The second kappa shape index (κ2) is 7.68. The maximum Gasteiger partial charge on any atom is 0.119 e. The van der Waals surface area contributed by atoms with Gasteiger partial charge >= 0.3 is 0 Å². The highest BCUT2D eigenvalue weighted by Gasteiger charge is 2.09. The third-order valence-corrected chi connectivity index (χ3v) is 3.36. The number of nitrogens with one attached hydrogen (secondary N) is 1. The van der Waals surface area contributed by atoms with Crippen LogP contribution in [-0.2, 0) is 6.42 Å². The SMILES string of the molecule is CCOc1ccc(C(CCc2ccccc2)NN)cc1. The van der Waals surface area contributed by atoms with Crippen LogP contribution in [0, 0.1) is 0 Å². The fourth-order valence-corrected chi connectivity index (χ4v) is 2.26. The molecule has 106 valence electrons. The van der Waals surface area contributed by atoms with E-state index in [1.807, 2.05) is 25.1 Å². The lowest BCUT2D eigenvalue weighted by Gasteiger charge is -2.17. The van der Waals surface area contributed by atoms with Gasteiger partial charge in [-0.2, -0.15) is 0 Å². The molecule has 0 heterocycles. The number of nitrogens with two attached hydrogens (primary N) is 1. The van der Waals surface area contributed by atoms with Crippen LogP contribution in [0.2, 0.25) is 0 Å². The summed E-state index contributed by atoms with van der Waals surface area (Å²) in [6.07, 6.45) is 1.97. The summed E-state index contributed by atoms with van der Waals surface area (Å²) in [5.41, 5.74) is 5.42. The first-order valence-electron chi connectivity index (χ1n) is 7.06. The van der Waals surface area contributed by atoms with Gasteiger partial charge in [-0.15, -0.1) is 0 Å². The fraction of sp³-hybridized carbons (Fsp3) is 0.294. The zero-order valence-electron chi connectivity index (χ0n) is 11.9. The van der Waals surface area contributed by atoms with Crippen molar-refractivity contribution < 1.29 is 4.74 Å². The van der Waals surface area contributed by atoms with Crippen LogP contribution in [0.5, 0.6) is 5.75 Å². The molecule has 0 saturated carbocycles. The normalized spacial score (nSPS) is 12.1. The number of rotatable bonds is 7. The zero-order valence-corrected chi connectivity index (χ0v) is 11.9. The van der Waals surface area contributed by atoms with Crippen LogP contribution in [0.4, 0.5) is 0 Å². The average Bonchev–Trinajstić information content (AvgIpc) is 2.51. The Labute approximate surface area is 120 Å². The molecule has 0 radical (unpaired) electrons. The molecule has 0 amide bonds. The molecule has 3 nitrogen and oxygen atoms in total. The van der Waals surface area contributed by atoms with E-state index in [4.69, 9.17) is 10.6 Å². The van der Waals surface area contributed by atoms with Gasteiger partial charge in [0, 0.05) is 6.04 Å². The number of aryl methyl sites for hydroxylation is 1. The molecule has 3 N–H and O–H groups in total. The minimum absolute atomic E-state index is 0.158. The predicted octanol–water partition coefficient (Wildman–Crippen LogP) is 3.22. The molecule has 1 unspecified atom stereocenters. The number of hydrazine groups is 1. The topological polar surface area (TPSA) is 47.3 Å². The Bertz CT molecular complexity index is 496. The molecule has 0 aliphatic carbocycles. The molecule has 0 saturated heterocycles. The third kappa shape index (κ3) is 4.08. The van der Waals surface area contributed by atoms with Gasteiger partial charge in [-0.1, -0.05) is 42.5 Å². The summed E-state index contributed by atoms with van der Waals surface area (Å²) >= 11 is 0. The molecule has 1 atom stereocenters. The molecule has 0 aliphatic heterocycles. The van der Waals surface area contributed by atoms with Gasteiger partial charge in [0.1, 0.15) is 5.75 Å². The van der Waals surface area contributed by atoms with Crippen molar-refractivity contribution >= 4 is 0 Å². The monoisotopic (exact) mass is 270 g/mol. The van der Waals surface area contributed by atoms with Crippen molar-refractivity contribution in [3.8, 4) is 5.75 Å². The quantitative estimate of drug-likeness (QED) is 0.600. The van der Waals surface area contributed by atoms with Crippen LogP contribution in [0.1, 0.15) is 30.5 Å². The molecule has 3 heteroatoms. The Balaban J connectivity index is 1.97. The van der Waals surface area contributed by atoms with Crippen LogP contribution < -0.4 is 16.0 Å². The minimum atomic E-state index is 0.158. The Kier molecular flexibility index (Phi) is 5.59. The first kappa shape index (κ1) is 14.6. The smallest absolute Gasteiger partial charge is 0.119 e. The summed E-state index contributed by atoms with van der Waals surface area (Å²) in [5, 5.41) is 0. The van der Waals surface area contributed by atoms with Gasteiger partial charge in [-0.05, 0) is 43.0 Å². The second-order valence-corrected chi connectivity index (χ2v) is 4.75. The summed E-state index contributed by atoms with van der Waals surface area (Å²) in [5.74, 6) is 6.58. The van der Waals surface area contributed by atoms with Crippen LogP contribution in [0.15, 0.2) is 54.6 Å². The molecule has 2 aromatic carbocycles. The van der Waals surface area contributed by atoms with E-state index in [2.05, 4.69) is 41.8 Å². The fourth-order valence-electron chi connectivity index (χ4n) is 2.26. The van der Waals surface area contributed by atoms with E-state index in [0.29, 0.717) is 6.61 Å². The zero-order chi connectivity index (χ0) is 14.2. The summed E-state index contributed by atoms with van der Waals surface area (Å²) < 4.78 is 5.45. The minimum Gasteiger partial charge on any atom is -0.494 e. The molecule has 0 bridgehead atoms. The van der Waals surface area contributed by atoms with Crippen LogP contribution >= 0.6 is 0 Å². The van der Waals surface area contributed by atoms with E-state index in [0.717, 1.165) is 18.6 Å². The highest BCUT2D eigenvalue weighted by Crippen LogP contribution is 2.21. The lowest BCUT2D eigenvalue weighted by molar-refractivity contribution is 0.340. The number of hydrogen-bond acceptors (Lipinski definition) is 3. The highest BCUT2D eigenvalue weighted by atomic mass is 16.5. The van der Waals surface area contributed by atoms with Crippen LogP contribution in [0.3, 0.4) is 0 Å². The summed E-state index contributed by atoms with van der Waals surface area (Å²) in [4.78, 5) is 0. The molecule has 0 spiro atoms. The molecular weight excluding hydrogens is 248 g/mol. The number of hydrogen-bond donors (Lipinski definition) is 2. The van der Waals surface area contributed by atoms with Gasteiger partial charge in [0.25, 0.3) is 0 Å². The van der Waals surface area contributed by atoms with Gasteiger partial charge in [-0.3, -0.25) is 11.3 Å². The maximum absolute atomic E-state index is 5.68. The van der Waals surface area contributed by atoms with E-state index >= 15 is 0 Å². The van der Waals surface area contributed by atoms with Gasteiger partial charge < -0.3 is 4.74 Å². The van der Waals surface area contributed by atoms with Crippen molar-refractivity contribution in [2.75, 3.05) is 6.61 Å². The summed E-state index contributed by atoms with van der Waals surface area (Å²) in [6, 6.07) is 18.7. The first-order chi connectivity index (χ1) is 9.83. The van der Waals surface area contributed by atoms with Gasteiger partial charge in [-0.25, -0.2) is 0 Å². The van der Waals surface area contributed by atoms with Gasteiger partial charge in [0.15, 0.2) is 0 Å². The van der Waals surface area contributed by atoms with Gasteiger partial charge in [0.05, 0.1) is 6.61 Å². The van der Waals surface area contributed by atoms with Crippen molar-refractivity contribution in [2.24, 2.45) is 5.84 Å². The van der Waals surface area contributed by atoms with E-state index in [9.17, 15) is 0 Å².